The zero-order valence-corrected chi connectivity index (χ0v) is 18.0. The monoisotopic (exact) mass is 414 g/mol. The first-order valence-electron chi connectivity index (χ1n) is 10.6. The van der Waals surface area contributed by atoms with Crippen LogP contribution in [0.3, 0.4) is 0 Å². The maximum absolute atomic E-state index is 13.2. The van der Waals surface area contributed by atoms with Gasteiger partial charge in [-0.1, -0.05) is 36.4 Å². The van der Waals surface area contributed by atoms with Gasteiger partial charge in [0.05, 0.1) is 12.6 Å². The van der Waals surface area contributed by atoms with Crippen molar-refractivity contribution >= 4 is 5.91 Å². The van der Waals surface area contributed by atoms with Gasteiger partial charge in [0.15, 0.2) is 0 Å². The lowest BCUT2D eigenvalue weighted by Gasteiger charge is -2.31. The van der Waals surface area contributed by atoms with Crippen LogP contribution < -0.4 is 5.43 Å². The summed E-state index contributed by atoms with van der Waals surface area (Å²) in [7, 11) is 0. The first-order chi connectivity index (χ1) is 15.0. The van der Waals surface area contributed by atoms with E-state index in [2.05, 4.69) is 42.5 Å². The lowest BCUT2D eigenvalue weighted by Crippen LogP contribution is -2.47. The van der Waals surface area contributed by atoms with E-state index >= 15 is 0 Å². The Balaban J connectivity index is 1.32. The Morgan fingerprint density at radius 1 is 1.06 bits per heavy atom. The minimum atomic E-state index is -0.225. The normalized spacial score (nSPS) is 20.4. The first kappa shape index (κ1) is 19.6. The quantitative estimate of drug-likeness (QED) is 0.686. The zero-order chi connectivity index (χ0) is 21.5. The molecule has 0 radical (unpaired) electrons. The second kappa shape index (κ2) is 7.71. The van der Waals surface area contributed by atoms with Crippen LogP contribution in [0.5, 0.6) is 0 Å². The molecule has 1 fully saturated rings. The van der Waals surface area contributed by atoms with Crippen LogP contribution in [0.4, 0.5) is 0 Å². The molecule has 0 saturated carbocycles. The Morgan fingerprint density at radius 2 is 1.87 bits per heavy atom. The van der Waals surface area contributed by atoms with Crippen molar-refractivity contribution in [3.63, 3.8) is 0 Å². The van der Waals surface area contributed by atoms with Crippen LogP contribution in [0.2, 0.25) is 0 Å². The van der Waals surface area contributed by atoms with E-state index in [0.717, 1.165) is 23.4 Å². The number of carbonyl (C=O) groups excluding carboxylic acids is 1. The van der Waals surface area contributed by atoms with Crippen LogP contribution in [0.15, 0.2) is 65.3 Å². The molecule has 1 aromatic heterocycles. The minimum Gasteiger partial charge on any atom is -0.441 e. The molecule has 3 aromatic rings. The number of nitrogens with one attached hydrogen (secondary N) is 1. The van der Waals surface area contributed by atoms with Gasteiger partial charge in [-0.15, -0.1) is 0 Å². The molecular weight excluding hydrogens is 388 g/mol. The van der Waals surface area contributed by atoms with Crippen LogP contribution >= 0.6 is 0 Å². The van der Waals surface area contributed by atoms with Crippen molar-refractivity contribution in [1.29, 1.82) is 0 Å². The first-order valence-corrected chi connectivity index (χ1v) is 10.6. The number of oxazole rings is 1. The summed E-state index contributed by atoms with van der Waals surface area (Å²) in [5.74, 6) is 1.39. The Kier molecular flexibility index (Phi) is 4.87. The second-order valence-corrected chi connectivity index (χ2v) is 8.34. The number of amides is 1. The summed E-state index contributed by atoms with van der Waals surface area (Å²) >= 11 is 0. The van der Waals surface area contributed by atoms with E-state index in [1.54, 1.807) is 4.90 Å². The lowest BCUT2D eigenvalue weighted by molar-refractivity contribution is -0.135. The average molecular weight is 415 g/mol. The van der Waals surface area contributed by atoms with E-state index in [1.165, 1.54) is 16.7 Å². The highest BCUT2D eigenvalue weighted by molar-refractivity contribution is 5.84. The molecule has 0 bridgehead atoms. The number of carbonyl (C=O) groups is 1. The molecule has 158 valence electrons. The van der Waals surface area contributed by atoms with Crippen molar-refractivity contribution in [3.05, 3.63) is 89.1 Å². The number of fused-ring (bicyclic) bond motifs is 1. The number of nitrogens with zero attached hydrogens (tertiary/aromatic N) is 3. The molecule has 0 aliphatic carbocycles. The van der Waals surface area contributed by atoms with Crippen LogP contribution in [-0.4, -0.2) is 26.8 Å². The second-order valence-electron chi connectivity index (χ2n) is 8.34. The Hall–Kier alpha value is -3.38. The maximum Gasteiger partial charge on any atom is 0.251 e. The average Bonchev–Trinajstić information content (AvgIpc) is 3.37. The molecule has 6 heteroatoms. The predicted molar refractivity (Wildman–Crippen MR) is 118 cm³/mol. The van der Waals surface area contributed by atoms with E-state index in [9.17, 15) is 4.79 Å². The third-order valence-electron chi connectivity index (χ3n) is 6.24. The Bertz CT molecular complexity index is 1150. The molecule has 2 unspecified atom stereocenters. The Morgan fingerprint density at radius 3 is 2.65 bits per heavy atom. The number of benzene rings is 2. The number of hydrogen-bond acceptors (Lipinski definition) is 5. The fourth-order valence-electron chi connectivity index (χ4n) is 4.21. The van der Waals surface area contributed by atoms with Crippen LogP contribution in [0.25, 0.3) is 11.5 Å². The summed E-state index contributed by atoms with van der Waals surface area (Å²) in [4.78, 5) is 19.6. The molecule has 2 aliphatic heterocycles. The molecule has 1 amide bonds. The standard InChI is InChI=1S/C25H26N4O2/c1-16-9-10-20(13-17(16)2)21-14-23-25(30)28(11-12-29(23)27-21)15-22-18(3)31-24(26-22)19-7-5-4-6-8-19/h4-13,21,23,27H,14-15H2,1-3H3. The third-order valence-corrected chi connectivity index (χ3v) is 6.24. The van der Waals surface area contributed by atoms with Gasteiger partial charge < -0.3 is 14.3 Å². The van der Waals surface area contributed by atoms with E-state index in [4.69, 9.17) is 4.42 Å². The van der Waals surface area contributed by atoms with Crippen LogP contribution in [0.1, 0.15) is 40.6 Å². The smallest absolute Gasteiger partial charge is 0.251 e. The molecule has 5 rings (SSSR count). The largest absolute Gasteiger partial charge is 0.441 e. The highest BCUT2D eigenvalue weighted by atomic mass is 16.4. The fraction of sp³-hybridized carbons (Fsp3) is 0.280. The summed E-state index contributed by atoms with van der Waals surface area (Å²) in [6.07, 6.45) is 4.50. The van der Waals surface area contributed by atoms with Gasteiger partial charge in [0.2, 0.25) is 5.89 Å². The van der Waals surface area contributed by atoms with Gasteiger partial charge in [-0.05, 0) is 56.0 Å². The molecule has 0 spiro atoms. The van der Waals surface area contributed by atoms with Gasteiger partial charge in [0.1, 0.15) is 17.5 Å². The van der Waals surface area contributed by atoms with Gasteiger partial charge in [-0.2, -0.15) is 0 Å². The van der Waals surface area contributed by atoms with Gasteiger partial charge in [0.25, 0.3) is 5.91 Å². The maximum atomic E-state index is 13.2. The van der Waals surface area contributed by atoms with Gasteiger partial charge in [-0.3, -0.25) is 4.79 Å². The number of hydrogen-bond donors (Lipinski definition) is 1. The summed E-state index contributed by atoms with van der Waals surface area (Å²) in [6.45, 7) is 6.53. The molecule has 2 atom stereocenters. The number of aryl methyl sites for hydroxylation is 3. The zero-order valence-electron chi connectivity index (χ0n) is 18.0. The van der Waals surface area contributed by atoms with Crippen molar-refractivity contribution in [2.24, 2.45) is 0 Å². The van der Waals surface area contributed by atoms with E-state index in [0.29, 0.717) is 12.4 Å². The molecule has 2 aliphatic rings. The summed E-state index contributed by atoms with van der Waals surface area (Å²) < 4.78 is 5.86. The number of aromatic nitrogens is 1. The van der Waals surface area contributed by atoms with Crippen LogP contribution in [0, 0.1) is 20.8 Å². The molecule has 2 aromatic carbocycles. The highest BCUT2D eigenvalue weighted by Gasteiger charge is 2.40. The van der Waals surface area contributed by atoms with Crippen LogP contribution in [-0.2, 0) is 11.3 Å². The lowest BCUT2D eigenvalue weighted by atomic mass is 9.97. The van der Waals surface area contributed by atoms with Crippen molar-refractivity contribution in [3.8, 4) is 11.5 Å². The van der Waals surface area contributed by atoms with Crippen molar-refractivity contribution < 1.29 is 9.21 Å². The van der Waals surface area contributed by atoms with Gasteiger partial charge >= 0.3 is 0 Å². The van der Waals surface area contributed by atoms with Crippen molar-refractivity contribution in [2.75, 3.05) is 0 Å². The predicted octanol–water partition coefficient (Wildman–Crippen LogP) is 4.40. The molecule has 31 heavy (non-hydrogen) atoms. The number of rotatable bonds is 4. The number of hydrazine groups is 1. The van der Waals surface area contributed by atoms with Crippen molar-refractivity contribution in [1.82, 2.24) is 20.3 Å². The SMILES string of the molecule is Cc1ccc(C2CC3C(=O)N(Cc4nc(-c5ccccc5)oc4C)C=CN3N2)cc1C. The Labute approximate surface area is 182 Å². The third kappa shape index (κ3) is 3.64. The van der Waals surface area contributed by atoms with E-state index < -0.39 is 0 Å². The highest BCUT2D eigenvalue weighted by Crippen LogP contribution is 2.32. The van der Waals surface area contributed by atoms with Gasteiger partial charge in [0, 0.05) is 18.0 Å². The molecule has 3 heterocycles. The molecule has 1 N–H and O–H groups in total. The van der Waals surface area contributed by atoms with E-state index in [1.807, 2.05) is 54.7 Å². The van der Waals surface area contributed by atoms with Gasteiger partial charge in [-0.25, -0.2) is 10.4 Å². The van der Waals surface area contributed by atoms with E-state index in [-0.39, 0.29) is 18.0 Å². The topological polar surface area (TPSA) is 61.6 Å². The summed E-state index contributed by atoms with van der Waals surface area (Å²) in [5.41, 5.74) is 8.94. The molecule has 6 nitrogen and oxygen atoms in total. The minimum absolute atomic E-state index is 0.0741. The molecular formula is C25H26N4O2. The van der Waals surface area contributed by atoms with Crippen molar-refractivity contribution in [2.45, 2.75) is 45.8 Å². The summed E-state index contributed by atoms with van der Waals surface area (Å²) in [5, 5.41) is 1.93. The summed E-state index contributed by atoms with van der Waals surface area (Å²) in [6, 6.07) is 16.2. The molecule has 1 saturated heterocycles. The fourth-order valence-corrected chi connectivity index (χ4v) is 4.21.